The first-order chi connectivity index (χ1) is 8.19. The first-order valence-electron chi connectivity index (χ1n) is 5.43. The number of aryl methyl sites for hydroxylation is 1. The third-order valence-electron chi connectivity index (χ3n) is 2.64. The summed E-state index contributed by atoms with van der Waals surface area (Å²) in [5.41, 5.74) is 4.32. The van der Waals surface area contributed by atoms with Gasteiger partial charge in [0.15, 0.2) is 0 Å². The van der Waals surface area contributed by atoms with Crippen LogP contribution in [0.15, 0.2) is 36.4 Å². The van der Waals surface area contributed by atoms with Crippen molar-refractivity contribution >= 4 is 16.8 Å². The number of nitrogens with one attached hydrogen (secondary N) is 2. The van der Waals surface area contributed by atoms with E-state index < -0.39 is 0 Å². The summed E-state index contributed by atoms with van der Waals surface area (Å²) in [5.74, 6) is 4.98. The van der Waals surface area contributed by atoms with Crippen LogP contribution in [0.4, 0.5) is 4.79 Å². The SMILES string of the molecule is Cc1ccc2cc(CNC(=O)NN)ccc2c1. The van der Waals surface area contributed by atoms with E-state index in [-0.39, 0.29) is 6.03 Å². The Morgan fingerprint density at radius 3 is 2.65 bits per heavy atom. The third kappa shape index (κ3) is 2.73. The Bertz CT molecular complexity index is 551. The summed E-state index contributed by atoms with van der Waals surface area (Å²) < 4.78 is 0. The molecule has 0 aliphatic rings. The van der Waals surface area contributed by atoms with Gasteiger partial charge in [-0.1, -0.05) is 35.9 Å². The quantitative estimate of drug-likeness (QED) is 0.418. The Labute approximate surface area is 99.8 Å². The monoisotopic (exact) mass is 229 g/mol. The molecule has 2 aromatic rings. The van der Waals surface area contributed by atoms with E-state index in [0.29, 0.717) is 6.54 Å². The molecule has 2 amide bonds. The molecule has 0 saturated carbocycles. The molecule has 4 N–H and O–H groups in total. The van der Waals surface area contributed by atoms with E-state index in [2.05, 4.69) is 42.6 Å². The maximum Gasteiger partial charge on any atom is 0.329 e. The second kappa shape index (κ2) is 4.84. The summed E-state index contributed by atoms with van der Waals surface area (Å²) in [6.45, 7) is 2.54. The van der Waals surface area contributed by atoms with Gasteiger partial charge in [0.2, 0.25) is 0 Å². The number of urea groups is 1. The van der Waals surface area contributed by atoms with Crippen LogP contribution in [0.2, 0.25) is 0 Å². The summed E-state index contributed by atoms with van der Waals surface area (Å²) >= 11 is 0. The predicted octanol–water partition coefficient (Wildman–Crippen LogP) is 1.82. The maximum absolute atomic E-state index is 10.9. The molecule has 4 heteroatoms. The second-order valence-corrected chi connectivity index (χ2v) is 4.01. The van der Waals surface area contributed by atoms with E-state index in [1.807, 2.05) is 11.5 Å². The molecule has 0 saturated heterocycles. The van der Waals surface area contributed by atoms with E-state index >= 15 is 0 Å². The smallest absolute Gasteiger partial charge is 0.329 e. The Hall–Kier alpha value is -2.07. The molecule has 17 heavy (non-hydrogen) atoms. The summed E-state index contributed by atoms with van der Waals surface area (Å²) in [5, 5.41) is 5.02. The van der Waals surface area contributed by atoms with Crippen LogP contribution in [-0.4, -0.2) is 6.03 Å². The number of fused-ring (bicyclic) bond motifs is 1. The van der Waals surface area contributed by atoms with Gasteiger partial charge < -0.3 is 5.32 Å². The van der Waals surface area contributed by atoms with Crippen LogP contribution in [0.1, 0.15) is 11.1 Å². The van der Waals surface area contributed by atoms with Crippen LogP contribution in [-0.2, 0) is 6.54 Å². The van der Waals surface area contributed by atoms with Gasteiger partial charge in [0.05, 0.1) is 0 Å². The highest BCUT2D eigenvalue weighted by Crippen LogP contribution is 2.17. The zero-order valence-corrected chi connectivity index (χ0v) is 9.66. The molecule has 0 spiro atoms. The molecular weight excluding hydrogens is 214 g/mol. The Balaban J connectivity index is 2.20. The van der Waals surface area contributed by atoms with Gasteiger partial charge in [-0.15, -0.1) is 0 Å². The molecule has 0 aromatic heterocycles. The van der Waals surface area contributed by atoms with E-state index in [9.17, 15) is 4.79 Å². The van der Waals surface area contributed by atoms with Crippen LogP contribution in [0.5, 0.6) is 0 Å². The molecule has 4 nitrogen and oxygen atoms in total. The summed E-state index contributed by atoms with van der Waals surface area (Å²) in [4.78, 5) is 10.9. The van der Waals surface area contributed by atoms with Crippen molar-refractivity contribution in [2.24, 2.45) is 5.84 Å². The van der Waals surface area contributed by atoms with Crippen LogP contribution in [0.25, 0.3) is 10.8 Å². The number of rotatable bonds is 2. The average molecular weight is 229 g/mol. The first-order valence-corrected chi connectivity index (χ1v) is 5.43. The van der Waals surface area contributed by atoms with Crippen molar-refractivity contribution in [3.05, 3.63) is 47.5 Å². The molecule has 0 unspecified atom stereocenters. The second-order valence-electron chi connectivity index (χ2n) is 4.01. The molecule has 88 valence electrons. The predicted molar refractivity (Wildman–Crippen MR) is 68.2 cm³/mol. The molecule has 2 aromatic carbocycles. The van der Waals surface area contributed by atoms with Gasteiger partial charge in [-0.25, -0.2) is 10.6 Å². The number of carbonyl (C=O) groups excluding carboxylic acids is 1. The molecule has 2 rings (SSSR count). The van der Waals surface area contributed by atoms with Crippen LogP contribution in [0.3, 0.4) is 0 Å². The summed E-state index contributed by atoms with van der Waals surface area (Å²) in [6, 6.07) is 12.0. The molecule has 0 aliphatic heterocycles. The zero-order chi connectivity index (χ0) is 12.3. The highest BCUT2D eigenvalue weighted by atomic mass is 16.2. The van der Waals surface area contributed by atoms with Gasteiger partial charge in [0, 0.05) is 6.54 Å². The molecular formula is C13H15N3O. The maximum atomic E-state index is 10.9. The van der Waals surface area contributed by atoms with Gasteiger partial charge in [0.25, 0.3) is 0 Å². The van der Waals surface area contributed by atoms with Gasteiger partial charge in [-0.2, -0.15) is 0 Å². The van der Waals surface area contributed by atoms with Crippen LogP contribution in [0, 0.1) is 6.92 Å². The normalized spacial score (nSPS) is 10.2. The minimum Gasteiger partial charge on any atom is -0.333 e. The van der Waals surface area contributed by atoms with E-state index in [1.54, 1.807) is 0 Å². The molecule has 0 bridgehead atoms. The summed E-state index contributed by atoms with van der Waals surface area (Å²) in [6.07, 6.45) is 0. The lowest BCUT2D eigenvalue weighted by molar-refractivity contribution is 0.241. The Morgan fingerprint density at radius 2 is 1.88 bits per heavy atom. The standard InChI is InChI=1S/C13H15N3O/c1-9-2-4-12-7-10(3-5-11(12)6-9)8-15-13(17)16-14/h2-7H,8,14H2,1H3,(H2,15,16,17). The minimum absolute atomic E-state index is 0.381. The average Bonchev–Trinajstić information content (AvgIpc) is 2.35. The largest absolute Gasteiger partial charge is 0.333 e. The first kappa shape index (κ1) is 11.4. The number of benzene rings is 2. The number of nitrogens with two attached hydrogens (primary N) is 1. The number of hydrazine groups is 1. The Morgan fingerprint density at radius 1 is 1.18 bits per heavy atom. The van der Waals surface area contributed by atoms with Gasteiger partial charge >= 0.3 is 6.03 Å². The molecule has 0 radical (unpaired) electrons. The minimum atomic E-state index is -0.381. The van der Waals surface area contributed by atoms with Crippen molar-refractivity contribution in [1.82, 2.24) is 10.7 Å². The van der Waals surface area contributed by atoms with E-state index in [4.69, 9.17) is 5.84 Å². The van der Waals surface area contributed by atoms with Gasteiger partial charge in [0.1, 0.15) is 0 Å². The van der Waals surface area contributed by atoms with Crippen LogP contribution < -0.4 is 16.6 Å². The fraction of sp³-hybridized carbons (Fsp3) is 0.154. The Kier molecular flexibility index (Phi) is 3.25. The van der Waals surface area contributed by atoms with Crippen molar-refractivity contribution in [3.8, 4) is 0 Å². The number of hydrogen-bond acceptors (Lipinski definition) is 2. The fourth-order valence-corrected chi connectivity index (χ4v) is 1.76. The molecule has 0 atom stereocenters. The van der Waals surface area contributed by atoms with E-state index in [1.165, 1.54) is 16.3 Å². The van der Waals surface area contributed by atoms with E-state index in [0.717, 1.165) is 5.56 Å². The molecule has 0 fully saturated rings. The van der Waals surface area contributed by atoms with Gasteiger partial charge in [-0.05, 0) is 29.3 Å². The fourth-order valence-electron chi connectivity index (χ4n) is 1.76. The number of hydrogen-bond donors (Lipinski definition) is 3. The van der Waals surface area contributed by atoms with Gasteiger partial charge in [-0.3, -0.25) is 5.43 Å². The zero-order valence-electron chi connectivity index (χ0n) is 9.66. The van der Waals surface area contributed by atoms with Crippen molar-refractivity contribution in [1.29, 1.82) is 0 Å². The van der Waals surface area contributed by atoms with Crippen molar-refractivity contribution in [3.63, 3.8) is 0 Å². The topological polar surface area (TPSA) is 67.2 Å². The lowest BCUT2D eigenvalue weighted by atomic mass is 10.0. The van der Waals surface area contributed by atoms with Crippen molar-refractivity contribution in [2.75, 3.05) is 0 Å². The number of amides is 2. The third-order valence-corrected chi connectivity index (χ3v) is 2.64. The van der Waals surface area contributed by atoms with Crippen LogP contribution >= 0.6 is 0 Å². The van der Waals surface area contributed by atoms with Crippen molar-refractivity contribution < 1.29 is 4.79 Å². The lowest BCUT2D eigenvalue weighted by Gasteiger charge is -2.06. The molecule has 0 heterocycles. The molecule has 0 aliphatic carbocycles. The summed E-state index contributed by atoms with van der Waals surface area (Å²) in [7, 11) is 0. The lowest BCUT2D eigenvalue weighted by Crippen LogP contribution is -2.39. The van der Waals surface area contributed by atoms with Crippen molar-refractivity contribution in [2.45, 2.75) is 13.5 Å². The highest BCUT2D eigenvalue weighted by molar-refractivity contribution is 5.84. The highest BCUT2D eigenvalue weighted by Gasteiger charge is 1.99. The number of carbonyl (C=O) groups is 1.